The number of rotatable bonds is 8. The van der Waals surface area contributed by atoms with Gasteiger partial charge < -0.3 is 10.4 Å². The number of carbonyl (C=O) groups is 2. The highest BCUT2D eigenvalue weighted by atomic mass is 16.4. The molecule has 0 bridgehead atoms. The minimum Gasteiger partial charge on any atom is -0.481 e. The van der Waals surface area contributed by atoms with Gasteiger partial charge in [-0.3, -0.25) is 14.5 Å². The van der Waals surface area contributed by atoms with Gasteiger partial charge in [0.2, 0.25) is 5.91 Å². The van der Waals surface area contributed by atoms with Gasteiger partial charge in [0.1, 0.15) is 0 Å². The summed E-state index contributed by atoms with van der Waals surface area (Å²) in [5, 5.41) is 11.7. The zero-order chi connectivity index (χ0) is 15.0. The Hall–Kier alpha value is -1.10. The van der Waals surface area contributed by atoms with Gasteiger partial charge in [-0.15, -0.1) is 0 Å². The number of hydrogen-bond acceptors (Lipinski definition) is 3. The van der Waals surface area contributed by atoms with Crippen LogP contribution in [0.15, 0.2) is 0 Å². The summed E-state index contributed by atoms with van der Waals surface area (Å²) in [5.74, 6) is -0.226. The molecular weight excluding hydrogens is 256 g/mol. The van der Waals surface area contributed by atoms with Crippen LogP contribution < -0.4 is 5.32 Å². The normalized spacial score (nSPS) is 21.4. The quantitative estimate of drug-likeness (QED) is 0.668. The van der Waals surface area contributed by atoms with E-state index in [4.69, 9.17) is 5.11 Å². The Morgan fingerprint density at radius 3 is 2.85 bits per heavy atom. The second-order valence-electron chi connectivity index (χ2n) is 5.76. The van der Waals surface area contributed by atoms with E-state index in [9.17, 15) is 9.59 Å². The number of nitrogens with zero attached hydrogens (tertiary/aromatic N) is 1. The fourth-order valence-corrected chi connectivity index (χ4v) is 2.71. The van der Waals surface area contributed by atoms with E-state index in [1.807, 2.05) is 6.92 Å². The van der Waals surface area contributed by atoms with E-state index in [0.717, 1.165) is 51.7 Å². The molecule has 116 valence electrons. The summed E-state index contributed by atoms with van der Waals surface area (Å²) in [4.78, 5) is 24.9. The van der Waals surface area contributed by atoms with Crippen molar-refractivity contribution in [2.24, 2.45) is 5.92 Å². The summed E-state index contributed by atoms with van der Waals surface area (Å²) in [7, 11) is 0. The summed E-state index contributed by atoms with van der Waals surface area (Å²) in [6.07, 6.45) is 5.17. The topological polar surface area (TPSA) is 69.6 Å². The first-order valence-corrected chi connectivity index (χ1v) is 7.78. The molecule has 2 N–H and O–H groups in total. The molecule has 0 aliphatic carbocycles. The molecule has 0 aromatic rings. The summed E-state index contributed by atoms with van der Waals surface area (Å²) < 4.78 is 0. The van der Waals surface area contributed by atoms with Crippen molar-refractivity contribution in [1.29, 1.82) is 0 Å². The Bertz CT molecular complexity index is 320. The zero-order valence-electron chi connectivity index (χ0n) is 12.7. The summed E-state index contributed by atoms with van der Waals surface area (Å²) in [6.45, 7) is 6.58. The van der Waals surface area contributed by atoms with Crippen molar-refractivity contribution in [2.45, 2.75) is 58.4 Å². The molecule has 2 atom stereocenters. The van der Waals surface area contributed by atoms with E-state index in [2.05, 4.69) is 17.1 Å². The van der Waals surface area contributed by atoms with Gasteiger partial charge in [0, 0.05) is 19.5 Å². The largest absolute Gasteiger partial charge is 0.481 e. The molecule has 1 aliphatic rings. The van der Waals surface area contributed by atoms with Crippen molar-refractivity contribution in [1.82, 2.24) is 10.2 Å². The molecule has 0 radical (unpaired) electrons. The Balaban J connectivity index is 2.37. The van der Waals surface area contributed by atoms with Crippen LogP contribution in [0.5, 0.6) is 0 Å². The SMILES string of the molecule is CCCCNC(=O)C(C)N1CCCC(CCC(=O)O)C1. The molecule has 0 aromatic carbocycles. The maximum absolute atomic E-state index is 12.0. The predicted octanol–water partition coefficient (Wildman–Crippen LogP) is 1.87. The van der Waals surface area contributed by atoms with E-state index < -0.39 is 5.97 Å². The maximum Gasteiger partial charge on any atom is 0.303 e. The van der Waals surface area contributed by atoms with Crippen LogP contribution in [0.1, 0.15) is 52.4 Å². The highest BCUT2D eigenvalue weighted by Gasteiger charge is 2.27. The minimum absolute atomic E-state index is 0.0948. The van der Waals surface area contributed by atoms with Crippen LogP contribution in [-0.4, -0.2) is 47.6 Å². The first-order chi connectivity index (χ1) is 9.54. The van der Waals surface area contributed by atoms with Gasteiger partial charge in [-0.2, -0.15) is 0 Å². The maximum atomic E-state index is 12.0. The Morgan fingerprint density at radius 1 is 1.45 bits per heavy atom. The van der Waals surface area contributed by atoms with Crippen LogP contribution in [0.3, 0.4) is 0 Å². The lowest BCUT2D eigenvalue weighted by Gasteiger charge is -2.36. The van der Waals surface area contributed by atoms with Gasteiger partial charge in [0.15, 0.2) is 0 Å². The average molecular weight is 284 g/mol. The van der Waals surface area contributed by atoms with Crippen molar-refractivity contribution in [3.8, 4) is 0 Å². The zero-order valence-corrected chi connectivity index (χ0v) is 12.7. The van der Waals surface area contributed by atoms with Crippen LogP contribution >= 0.6 is 0 Å². The second kappa shape index (κ2) is 8.95. The highest BCUT2D eigenvalue weighted by molar-refractivity contribution is 5.81. The number of carbonyl (C=O) groups excluding carboxylic acids is 1. The van der Waals surface area contributed by atoms with Crippen LogP contribution in [0, 0.1) is 5.92 Å². The molecule has 1 saturated heterocycles. The minimum atomic E-state index is -0.729. The van der Waals surface area contributed by atoms with E-state index in [1.54, 1.807) is 0 Å². The number of piperidine rings is 1. The van der Waals surface area contributed by atoms with Gasteiger partial charge in [-0.1, -0.05) is 13.3 Å². The first kappa shape index (κ1) is 17.0. The lowest BCUT2D eigenvalue weighted by Crippen LogP contribution is -2.49. The summed E-state index contributed by atoms with van der Waals surface area (Å²) >= 11 is 0. The molecule has 1 amide bonds. The number of carboxylic acids is 1. The number of aliphatic carboxylic acids is 1. The fraction of sp³-hybridized carbons (Fsp3) is 0.867. The molecule has 0 saturated carbocycles. The number of carboxylic acid groups (broad SMARTS) is 1. The van der Waals surface area contributed by atoms with Crippen molar-refractivity contribution in [2.75, 3.05) is 19.6 Å². The van der Waals surface area contributed by atoms with E-state index in [-0.39, 0.29) is 18.4 Å². The lowest BCUT2D eigenvalue weighted by atomic mass is 9.92. The molecule has 5 nitrogen and oxygen atoms in total. The molecule has 1 rings (SSSR count). The Kier molecular flexibility index (Phi) is 7.59. The van der Waals surface area contributed by atoms with Crippen LogP contribution in [-0.2, 0) is 9.59 Å². The summed E-state index contributed by atoms with van der Waals surface area (Å²) in [5.41, 5.74) is 0. The highest BCUT2D eigenvalue weighted by Crippen LogP contribution is 2.22. The van der Waals surface area contributed by atoms with Crippen molar-refractivity contribution in [3.63, 3.8) is 0 Å². The molecule has 5 heteroatoms. The summed E-state index contributed by atoms with van der Waals surface area (Å²) in [6, 6.07) is -0.112. The first-order valence-electron chi connectivity index (χ1n) is 7.78. The van der Waals surface area contributed by atoms with Gasteiger partial charge in [0.25, 0.3) is 0 Å². The Labute approximate surface area is 121 Å². The fourth-order valence-electron chi connectivity index (χ4n) is 2.71. The van der Waals surface area contributed by atoms with E-state index in [0.29, 0.717) is 5.92 Å². The van der Waals surface area contributed by atoms with Crippen molar-refractivity contribution < 1.29 is 14.7 Å². The smallest absolute Gasteiger partial charge is 0.303 e. The van der Waals surface area contributed by atoms with Crippen LogP contribution in [0.4, 0.5) is 0 Å². The van der Waals surface area contributed by atoms with Crippen LogP contribution in [0.2, 0.25) is 0 Å². The van der Waals surface area contributed by atoms with Crippen molar-refractivity contribution >= 4 is 11.9 Å². The van der Waals surface area contributed by atoms with E-state index >= 15 is 0 Å². The number of hydrogen-bond donors (Lipinski definition) is 2. The molecule has 1 aliphatic heterocycles. The molecule has 1 heterocycles. The molecular formula is C15H28N2O3. The molecule has 1 fully saturated rings. The number of nitrogens with one attached hydrogen (secondary N) is 1. The lowest BCUT2D eigenvalue weighted by molar-refractivity contribution is -0.137. The molecule has 20 heavy (non-hydrogen) atoms. The molecule has 2 unspecified atom stereocenters. The third kappa shape index (κ3) is 5.90. The van der Waals surface area contributed by atoms with Gasteiger partial charge in [0.05, 0.1) is 6.04 Å². The predicted molar refractivity (Wildman–Crippen MR) is 78.5 cm³/mol. The monoisotopic (exact) mass is 284 g/mol. The van der Waals surface area contributed by atoms with Crippen molar-refractivity contribution in [3.05, 3.63) is 0 Å². The van der Waals surface area contributed by atoms with Gasteiger partial charge in [-0.25, -0.2) is 0 Å². The molecule has 0 aromatic heterocycles. The third-order valence-electron chi connectivity index (χ3n) is 4.07. The average Bonchev–Trinajstić information content (AvgIpc) is 2.44. The van der Waals surface area contributed by atoms with Gasteiger partial charge >= 0.3 is 5.97 Å². The van der Waals surface area contributed by atoms with E-state index in [1.165, 1.54) is 0 Å². The third-order valence-corrected chi connectivity index (χ3v) is 4.07. The number of amides is 1. The van der Waals surface area contributed by atoms with Crippen LogP contribution in [0.25, 0.3) is 0 Å². The standard InChI is InChI=1S/C15H28N2O3/c1-3-4-9-16-15(20)12(2)17-10-5-6-13(11-17)7-8-14(18)19/h12-13H,3-11H2,1-2H3,(H,16,20)(H,18,19). The Morgan fingerprint density at radius 2 is 2.20 bits per heavy atom. The number of unbranched alkanes of at least 4 members (excludes halogenated alkanes) is 1. The molecule has 0 spiro atoms. The number of likely N-dealkylation sites (tertiary alicyclic amines) is 1. The van der Waals surface area contributed by atoms with Gasteiger partial charge in [-0.05, 0) is 45.1 Å². The second-order valence-corrected chi connectivity index (χ2v) is 5.76.